The van der Waals surface area contributed by atoms with Gasteiger partial charge in [-0.2, -0.15) is 0 Å². The Morgan fingerprint density at radius 3 is 2.05 bits per heavy atom. The maximum atomic E-state index is 11.5. The molecular formula is C15H18O6. The van der Waals surface area contributed by atoms with Gasteiger partial charge in [-0.3, -0.25) is 9.59 Å². The summed E-state index contributed by atoms with van der Waals surface area (Å²) in [5.41, 5.74) is 0.688. The summed E-state index contributed by atoms with van der Waals surface area (Å²) in [5, 5.41) is 8.52. The molecule has 6 heteroatoms. The number of methoxy groups -OCH3 is 3. The van der Waals surface area contributed by atoms with E-state index in [2.05, 4.69) is 0 Å². The van der Waals surface area contributed by atoms with Gasteiger partial charge in [-0.15, -0.1) is 0 Å². The molecule has 1 rings (SSSR count). The van der Waals surface area contributed by atoms with Gasteiger partial charge in [-0.05, 0) is 23.8 Å². The summed E-state index contributed by atoms with van der Waals surface area (Å²) in [7, 11) is 4.51. The first-order valence-electron chi connectivity index (χ1n) is 6.24. The van der Waals surface area contributed by atoms with Crippen LogP contribution in [0, 0.1) is 0 Å². The average Bonchev–Trinajstić information content (AvgIpc) is 2.49. The monoisotopic (exact) mass is 294 g/mol. The molecule has 0 fully saturated rings. The number of carboxylic acids is 1. The first-order valence-corrected chi connectivity index (χ1v) is 6.24. The second-order valence-corrected chi connectivity index (χ2v) is 4.15. The maximum absolute atomic E-state index is 11.5. The predicted molar refractivity (Wildman–Crippen MR) is 77.0 cm³/mol. The van der Waals surface area contributed by atoms with Crippen LogP contribution in [0.1, 0.15) is 18.4 Å². The third-order valence-electron chi connectivity index (χ3n) is 2.73. The highest BCUT2D eigenvalue weighted by Gasteiger charge is 2.12. The second-order valence-electron chi connectivity index (χ2n) is 4.15. The Kier molecular flexibility index (Phi) is 6.26. The van der Waals surface area contributed by atoms with Crippen LogP contribution >= 0.6 is 0 Å². The summed E-state index contributed by atoms with van der Waals surface area (Å²) in [4.78, 5) is 21.9. The van der Waals surface area contributed by atoms with Gasteiger partial charge in [-0.1, -0.05) is 6.08 Å². The van der Waals surface area contributed by atoms with Crippen LogP contribution in [0.25, 0.3) is 6.08 Å². The van der Waals surface area contributed by atoms with E-state index in [1.54, 1.807) is 18.2 Å². The van der Waals surface area contributed by atoms with Crippen LogP contribution in [-0.4, -0.2) is 38.2 Å². The molecular weight excluding hydrogens is 276 g/mol. The molecule has 1 aromatic carbocycles. The zero-order valence-corrected chi connectivity index (χ0v) is 12.2. The van der Waals surface area contributed by atoms with Gasteiger partial charge in [0, 0.05) is 6.42 Å². The Morgan fingerprint density at radius 1 is 1.05 bits per heavy atom. The second kappa shape index (κ2) is 7.94. The van der Waals surface area contributed by atoms with Crippen molar-refractivity contribution in [2.45, 2.75) is 12.8 Å². The normalized spacial score (nSPS) is 10.4. The molecule has 0 spiro atoms. The molecule has 0 aromatic heterocycles. The van der Waals surface area contributed by atoms with E-state index in [1.165, 1.54) is 27.4 Å². The van der Waals surface area contributed by atoms with Gasteiger partial charge in [0.15, 0.2) is 17.3 Å². The zero-order chi connectivity index (χ0) is 15.8. The lowest BCUT2D eigenvalue weighted by Crippen LogP contribution is -2.00. The molecule has 0 atom stereocenters. The molecule has 0 aliphatic rings. The predicted octanol–water partition coefficient (Wildman–Crippen LogP) is 2.16. The van der Waals surface area contributed by atoms with Gasteiger partial charge in [0.1, 0.15) is 0 Å². The Labute approximate surface area is 122 Å². The van der Waals surface area contributed by atoms with Crippen LogP contribution < -0.4 is 14.2 Å². The van der Waals surface area contributed by atoms with Crippen molar-refractivity contribution in [2.75, 3.05) is 21.3 Å². The molecule has 114 valence electrons. The van der Waals surface area contributed by atoms with E-state index in [9.17, 15) is 9.59 Å². The SMILES string of the molecule is COc1cc(C=CC(=O)CCC(=O)O)cc(OC)c1OC. The van der Waals surface area contributed by atoms with Crippen molar-refractivity contribution in [1.82, 2.24) is 0 Å². The quantitative estimate of drug-likeness (QED) is 0.740. The van der Waals surface area contributed by atoms with Gasteiger partial charge in [0.2, 0.25) is 5.75 Å². The third kappa shape index (κ3) is 4.83. The van der Waals surface area contributed by atoms with E-state index >= 15 is 0 Å². The molecule has 0 bridgehead atoms. The van der Waals surface area contributed by atoms with E-state index in [0.29, 0.717) is 22.8 Å². The molecule has 0 amide bonds. The van der Waals surface area contributed by atoms with Crippen LogP contribution in [-0.2, 0) is 9.59 Å². The summed E-state index contributed by atoms with van der Waals surface area (Å²) >= 11 is 0. The Morgan fingerprint density at radius 2 is 1.62 bits per heavy atom. The summed E-state index contributed by atoms with van der Waals surface area (Å²) in [6, 6.07) is 3.39. The minimum Gasteiger partial charge on any atom is -0.493 e. The first-order chi connectivity index (χ1) is 10.0. The van der Waals surface area contributed by atoms with E-state index in [-0.39, 0.29) is 18.6 Å². The fraction of sp³-hybridized carbons (Fsp3) is 0.333. The number of aliphatic carboxylic acids is 1. The molecule has 21 heavy (non-hydrogen) atoms. The molecule has 0 radical (unpaired) electrons. The van der Waals surface area contributed by atoms with E-state index in [1.807, 2.05) is 0 Å². The number of allylic oxidation sites excluding steroid dienone is 1. The molecule has 1 aromatic rings. The summed E-state index contributed by atoms with van der Waals surface area (Å²) in [6.45, 7) is 0. The summed E-state index contributed by atoms with van der Waals surface area (Å²) in [6.07, 6.45) is 2.70. The van der Waals surface area contributed by atoms with Crippen LogP contribution in [0.5, 0.6) is 17.2 Å². The van der Waals surface area contributed by atoms with Crippen molar-refractivity contribution in [2.24, 2.45) is 0 Å². The molecule has 0 unspecified atom stereocenters. The average molecular weight is 294 g/mol. The molecule has 6 nitrogen and oxygen atoms in total. The lowest BCUT2D eigenvalue weighted by Gasteiger charge is -2.12. The molecule has 0 aliphatic heterocycles. The highest BCUT2D eigenvalue weighted by Crippen LogP contribution is 2.38. The number of carbonyl (C=O) groups excluding carboxylic acids is 1. The topological polar surface area (TPSA) is 82.1 Å². The lowest BCUT2D eigenvalue weighted by molar-refractivity contribution is -0.138. The van der Waals surface area contributed by atoms with Gasteiger partial charge >= 0.3 is 5.97 Å². The van der Waals surface area contributed by atoms with Crippen molar-refractivity contribution in [3.05, 3.63) is 23.8 Å². The van der Waals surface area contributed by atoms with Crippen LogP contribution in [0.15, 0.2) is 18.2 Å². The molecule has 0 aliphatic carbocycles. The number of rotatable bonds is 8. The van der Waals surface area contributed by atoms with Gasteiger partial charge in [0.25, 0.3) is 0 Å². The minimum absolute atomic E-state index is 0.0315. The van der Waals surface area contributed by atoms with Crippen molar-refractivity contribution in [1.29, 1.82) is 0 Å². The number of hydrogen-bond donors (Lipinski definition) is 1. The smallest absolute Gasteiger partial charge is 0.303 e. The van der Waals surface area contributed by atoms with Gasteiger partial charge in [0.05, 0.1) is 27.8 Å². The van der Waals surface area contributed by atoms with Crippen LogP contribution in [0.3, 0.4) is 0 Å². The molecule has 0 saturated carbocycles. The fourth-order valence-corrected chi connectivity index (χ4v) is 1.70. The van der Waals surface area contributed by atoms with E-state index in [0.717, 1.165) is 0 Å². The fourth-order valence-electron chi connectivity index (χ4n) is 1.70. The van der Waals surface area contributed by atoms with Crippen molar-refractivity contribution in [3.63, 3.8) is 0 Å². The Hall–Kier alpha value is -2.50. The minimum atomic E-state index is -0.996. The van der Waals surface area contributed by atoms with E-state index in [4.69, 9.17) is 19.3 Å². The molecule has 0 saturated heterocycles. The maximum Gasteiger partial charge on any atom is 0.303 e. The number of ketones is 1. The van der Waals surface area contributed by atoms with E-state index < -0.39 is 5.97 Å². The number of ether oxygens (including phenoxy) is 3. The first kappa shape index (κ1) is 16.6. The van der Waals surface area contributed by atoms with Crippen LogP contribution in [0.4, 0.5) is 0 Å². The largest absolute Gasteiger partial charge is 0.493 e. The zero-order valence-electron chi connectivity index (χ0n) is 12.2. The van der Waals surface area contributed by atoms with Crippen molar-refractivity contribution >= 4 is 17.8 Å². The lowest BCUT2D eigenvalue weighted by atomic mass is 10.1. The van der Waals surface area contributed by atoms with Gasteiger partial charge < -0.3 is 19.3 Å². The summed E-state index contributed by atoms with van der Waals surface area (Å²) in [5.74, 6) is 0.175. The number of carbonyl (C=O) groups is 2. The Bertz CT molecular complexity index is 522. The Balaban J connectivity index is 2.93. The number of carboxylic acid groups (broad SMARTS) is 1. The van der Waals surface area contributed by atoms with Crippen LogP contribution in [0.2, 0.25) is 0 Å². The molecule has 1 N–H and O–H groups in total. The molecule has 0 heterocycles. The number of hydrogen-bond acceptors (Lipinski definition) is 5. The highest BCUT2D eigenvalue weighted by molar-refractivity contribution is 5.95. The standard InChI is InChI=1S/C15H18O6/c1-19-12-8-10(9-13(20-2)15(12)21-3)4-5-11(16)6-7-14(17)18/h4-5,8-9H,6-7H2,1-3H3,(H,17,18). The summed E-state index contributed by atoms with van der Waals surface area (Å²) < 4.78 is 15.6. The van der Waals surface area contributed by atoms with Gasteiger partial charge in [-0.25, -0.2) is 0 Å². The van der Waals surface area contributed by atoms with Crippen molar-refractivity contribution in [3.8, 4) is 17.2 Å². The highest BCUT2D eigenvalue weighted by atomic mass is 16.5. The van der Waals surface area contributed by atoms with Crippen molar-refractivity contribution < 1.29 is 28.9 Å². The number of benzene rings is 1. The third-order valence-corrected chi connectivity index (χ3v) is 2.73.